The van der Waals surface area contributed by atoms with Crippen LogP contribution in [0.4, 0.5) is 0 Å². The van der Waals surface area contributed by atoms with Gasteiger partial charge in [0, 0.05) is 5.56 Å². The van der Waals surface area contributed by atoms with Crippen LogP contribution in [0.1, 0.15) is 26.3 Å². The lowest BCUT2D eigenvalue weighted by atomic mass is 10.2. The Labute approximate surface area is 131 Å². The molecule has 0 atom stereocenters. The molecular weight excluding hydrogens is 300 g/mol. The average Bonchev–Trinajstić information content (AvgIpc) is 3.12. The van der Waals surface area contributed by atoms with Crippen LogP contribution in [0.25, 0.3) is 11.3 Å². The summed E-state index contributed by atoms with van der Waals surface area (Å²) in [4.78, 5) is 20.9. The predicted octanol–water partition coefficient (Wildman–Crippen LogP) is 3.77. The number of aromatic nitrogens is 2. The third kappa shape index (κ3) is 3.07. The lowest BCUT2D eigenvalue weighted by molar-refractivity contribution is 0.0443. The van der Waals surface area contributed by atoms with E-state index < -0.39 is 5.97 Å². The Morgan fingerprint density at radius 1 is 1.27 bits per heavy atom. The summed E-state index contributed by atoms with van der Waals surface area (Å²) in [5.74, 6) is 0.616. The zero-order valence-corrected chi connectivity index (χ0v) is 13.0. The van der Waals surface area contributed by atoms with Crippen molar-refractivity contribution in [3.8, 4) is 11.3 Å². The van der Waals surface area contributed by atoms with Gasteiger partial charge in [0.2, 0.25) is 5.89 Å². The van der Waals surface area contributed by atoms with Gasteiger partial charge in [-0.15, -0.1) is 11.3 Å². The van der Waals surface area contributed by atoms with Gasteiger partial charge in [-0.25, -0.2) is 14.8 Å². The highest BCUT2D eigenvalue weighted by Gasteiger charge is 2.16. The second-order valence-corrected chi connectivity index (χ2v) is 5.91. The Hall–Kier alpha value is -2.47. The summed E-state index contributed by atoms with van der Waals surface area (Å²) in [6.45, 7) is 3.65. The molecular formula is C16H14N2O3S. The molecule has 0 saturated carbocycles. The van der Waals surface area contributed by atoms with Crippen LogP contribution in [-0.4, -0.2) is 15.9 Å². The first-order valence-electron chi connectivity index (χ1n) is 6.75. The van der Waals surface area contributed by atoms with Crippen molar-refractivity contribution >= 4 is 17.3 Å². The Morgan fingerprint density at radius 2 is 2.05 bits per heavy atom. The highest BCUT2D eigenvalue weighted by atomic mass is 32.1. The minimum absolute atomic E-state index is 0.00204. The number of benzene rings is 1. The molecule has 112 valence electrons. The number of hydrogen-bond acceptors (Lipinski definition) is 6. The van der Waals surface area contributed by atoms with Gasteiger partial charge in [0.25, 0.3) is 0 Å². The minimum Gasteiger partial charge on any atom is -0.451 e. The van der Waals surface area contributed by atoms with E-state index in [1.54, 1.807) is 13.1 Å². The van der Waals surface area contributed by atoms with E-state index in [9.17, 15) is 4.79 Å². The summed E-state index contributed by atoms with van der Waals surface area (Å²) in [6.07, 6.45) is 1.63. The quantitative estimate of drug-likeness (QED) is 0.686. The number of carbonyl (C=O) groups is 1. The van der Waals surface area contributed by atoms with Gasteiger partial charge in [0.05, 0.1) is 16.9 Å². The molecule has 22 heavy (non-hydrogen) atoms. The van der Waals surface area contributed by atoms with Gasteiger partial charge in [-0.05, 0) is 13.8 Å². The maximum Gasteiger partial charge on any atom is 0.350 e. The van der Waals surface area contributed by atoms with Gasteiger partial charge in [-0.1, -0.05) is 30.3 Å². The third-order valence-electron chi connectivity index (χ3n) is 3.03. The van der Waals surface area contributed by atoms with E-state index in [0.29, 0.717) is 22.2 Å². The van der Waals surface area contributed by atoms with Crippen LogP contribution >= 0.6 is 11.3 Å². The number of hydrogen-bond donors (Lipinski definition) is 0. The van der Waals surface area contributed by atoms with Crippen LogP contribution in [0.15, 0.2) is 40.9 Å². The van der Waals surface area contributed by atoms with Crippen LogP contribution < -0.4 is 0 Å². The molecule has 2 heterocycles. The molecule has 0 saturated heterocycles. The summed E-state index contributed by atoms with van der Waals surface area (Å²) < 4.78 is 10.8. The van der Waals surface area contributed by atoms with E-state index in [1.165, 1.54) is 11.3 Å². The highest BCUT2D eigenvalue weighted by molar-refractivity contribution is 7.13. The van der Waals surface area contributed by atoms with Gasteiger partial charge < -0.3 is 9.15 Å². The summed E-state index contributed by atoms with van der Waals surface area (Å²) >= 11 is 1.32. The van der Waals surface area contributed by atoms with Gasteiger partial charge in [0.1, 0.15) is 4.88 Å². The average molecular weight is 314 g/mol. The van der Waals surface area contributed by atoms with Gasteiger partial charge in [0.15, 0.2) is 12.4 Å². The highest BCUT2D eigenvalue weighted by Crippen LogP contribution is 2.21. The molecule has 5 nitrogen and oxygen atoms in total. The van der Waals surface area contributed by atoms with Crippen molar-refractivity contribution in [1.29, 1.82) is 0 Å². The SMILES string of the molecule is Cc1nc(C)c(C(=O)OCc2ncc(-c3ccccc3)o2)s1. The molecule has 0 aliphatic heterocycles. The molecule has 0 aliphatic rings. The maximum absolute atomic E-state index is 12.0. The van der Waals surface area contributed by atoms with E-state index in [2.05, 4.69) is 9.97 Å². The topological polar surface area (TPSA) is 65.2 Å². The Bertz CT molecular complexity index is 793. The molecule has 3 aromatic rings. The van der Waals surface area contributed by atoms with E-state index >= 15 is 0 Å². The number of oxazole rings is 1. The number of rotatable bonds is 4. The molecule has 0 spiro atoms. The van der Waals surface area contributed by atoms with Crippen molar-refractivity contribution in [2.75, 3.05) is 0 Å². The monoisotopic (exact) mass is 314 g/mol. The standard InChI is InChI=1S/C16H14N2O3S/c1-10-15(22-11(2)18-10)16(19)20-9-14-17-8-13(21-14)12-6-4-3-5-7-12/h3-8H,9H2,1-2H3. The molecule has 2 aromatic heterocycles. The smallest absolute Gasteiger partial charge is 0.350 e. The van der Waals surface area contributed by atoms with Crippen LogP contribution in [0, 0.1) is 13.8 Å². The molecule has 0 bridgehead atoms. The van der Waals surface area contributed by atoms with Crippen molar-refractivity contribution in [2.24, 2.45) is 0 Å². The number of carbonyl (C=O) groups excluding carboxylic acids is 1. The predicted molar refractivity (Wildman–Crippen MR) is 82.6 cm³/mol. The second kappa shape index (κ2) is 6.11. The van der Waals surface area contributed by atoms with Crippen LogP contribution in [0.3, 0.4) is 0 Å². The fourth-order valence-electron chi connectivity index (χ4n) is 2.03. The normalized spacial score (nSPS) is 10.6. The first-order valence-corrected chi connectivity index (χ1v) is 7.56. The number of nitrogens with zero attached hydrogens (tertiary/aromatic N) is 2. The summed E-state index contributed by atoms with van der Waals surface area (Å²) in [5.41, 5.74) is 1.62. The molecule has 0 aliphatic carbocycles. The molecule has 1 aromatic carbocycles. The first-order chi connectivity index (χ1) is 10.6. The molecule has 0 fully saturated rings. The summed E-state index contributed by atoms with van der Waals surface area (Å²) in [7, 11) is 0. The lowest BCUT2D eigenvalue weighted by Crippen LogP contribution is -2.05. The molecule has 0 radical (unpaired) electrons. The Kier molecular flexibility index (Phi) is 4.02. The number of ether oxygens (including phenoxy) is 1. The van der Waals surface area contributed by atoms with Gasteiger partial charge in [-0.2, -0.15) is 0 Å². The van der Waals surface area contributed by atoms with Crippen LogP contribution in [0.2, 0.25) is 0 Å². The van der Waals surface area contributed by atoms with Crippen molar-refractivity contribution in [2.45, 2.75) is 20.5 Å². The third-order valence-corrected chi connectivity index (χ3v) is 4.08. The maximum atomic E-state index is 12.0. The largest absolute Gasteiger partial charge is 0.451 e. The minimum atomic E-state index is -0.400. The Balaban J connectivity index is 1.66. The number of esters is 1. The van der Waals surface area contributed by atoms with E-state index in [-0.39, 0.29) is 6.61 Å². The van der Waals surface area contributed by atoms with Crippen molar-refractivity contribution in [3.05, 3.63) is 58.0 Å². The molecule has 3 rings (SSSR count). The van der Waals surface area contributed by atoms with E-state index in [0.717, 1.165) is 10.6 Å². The molecule has 0 unspecified atom stereocenters. The molecule has 0 N–H and O–H groups in total. The van der Waals surface area contributed by atoms with Gasteiger partial charge in [-0.3, -0.25) is 0 Å². The second-order valence-electron chi connectivity index (χ2n) is 4.71. The fraction of sp³-hybridized carbons (Fsp3) is 0.188. The van der Waals surface area contributed by atoms with Gasteiger partial charge >= 0.3 is 5.97 Å². The van der Waals surface area contributed by atoms with Crippen LogP contribution in [0.5, 0.6) is 0 Å². The number of thiazole rings is 1. The first kappa shape index (κ1) is 14.5. The molecule has 6 heteroatoms. The zero-order valence-electron chi connectivity index (χ0n) is 12.2. The number of aryl methyl sites for hydroxylation is 2. The summed E-state index contributed by atoms with van der Waals surface area (Å²) in [5, 5.41) is 0.840. The van der Waals surface area contributed by atoms with E-state index in [4.69, 9.17) is 9.15 Å². The van der Waals surface area contributed by atoms with E-state index in [1.807, 2.05) is 37.3 Å². The van der Waals surface area contributed by atoms with Crippen molar-refractivity contribution < 1.29 is 13.9 Å². The lowest BCUT2D eigenvalue weighted by Gasteiger charge is -2.00. The molecule has 0 amide bonds. The van der Waals surface area contributed by atoms with Crippen LogP contribution in [-0.2, 0) is 11.3 Å². The Morgan fingerprint density at radius 3 is 2.73 bits per heavy atom. The fourth-order valence-corrected chi connectivity index (χ4v) is 2.84. The van der Waals surface area contributed by atoms with Crippen molar-refractivity contribution in [3.63, 3.8) is 0 Å². The zero-order chi connectivity index (χ0) is 15.5. The summed E-state index contributed by atoms with van der Waals surface area (Å²) in [6, 6.07) is 9.64. The van der Waals surface area contributed by atoms with Crippen molar-refractivity contribution in [1.82, 2.24) is 9.97 Å².